The Morgan fingerprint density at radius 2 is 2.00 bits per heavy atom. The van der Waals surface area contributed by atoms with Crippen molar-refractivity contribution in [3.05, 3.63) is 16.4 Å². The molecule has 0 aliphatic carbocycles. The Bertz CT molecular complexity index is 406. The first-order valence-corrected chi connectivity index (χ1v) is 9.76. The highest BCUT2D eigenvalue weighted by Gasteiger charge is 2.18. The molecule has 3 nitrogen and oxygen atoms in total. The van der Waals surface area contributed by atoms with Gasteiger partial charge in [-0.25, -0.2) is 0 Å². The van der Waals surface area contributed by atoms with Gasteiger partial charge in [-0.05, 0) is 38.5 Å². The third-order valence-corrected chi connectivity index (χ3v) is 5.26. The molecule has 1 N–H and O–H groups in total. The maximum atomic E-state index is 6.53. The third-order valence-electron chi connectivity index (χ3n) is 3.48. The SMILES string of the molecule is CCCNC(CSCCC)Cc1c(Cl)c(CC)nn1CC. The molecule has 122 valence electrons. The average Bonchev–Trinajstić information content (AvgIpc) is 2.80. The summed E-state index contributed by atoms with van der Waals surface area (Å²) in [6.45, 7) is 10.6. The minimum absolute atomic E-state index is 0.478. The van der Waals surface area contributed by atoms with Crippen molar-refractivity contribution in [2.24, 2.45) is 0 Å². The molecule has 0 amide bonds. The van der Waals surface area contributed by atoms with E-state index in [0.29, 0.717) is 6.04 Å². The van der Waals surface area contributed by atoms with Crippen LogP contribution in [-0.2, 0) is 19.4 Å². The monoisotopic (exact) mass is 331 g/mol. The predicted octanol–water partition coefficient (Wildman–Crippen LogP) is 4.17. The van der Waals surface area contributed by atoms with Gasteiger partial charge >= 0.3 is 0 Å². The highest BCUT2D eigenvalue weighted by molar-refractivity contribution is 7.99. The normalized spacial score (nSPS) is 12.8. The van der Waals surface area contributed by atoms with Crippen LogP contribution in [0, 0.1) is 0 Å². The van der Waals surface area contributed by atoms with Gasteiger partial charge in [-0.1, -0.05) is 32.4 Å². The molecule has 5 heteroatoms. The summed E-state index contributed by atoms with van der Waals surface area (Å²) in [5.41, 5.74) is 2.23. The number of aromatic nitrogens is 2. The van der Waals surface area contributed by atoms with Crippen molar-refractivity contribution in [2.45, 2.75) is 66.0 Å². The van der Waals surface area contributed by atoms with E-state index in [9.17, 15) is 0 Å². The minimum Gasteiger partial charge on any atom is -0.313 e. The second-order valence-corrected chi connectivity index (χ2v) is 6.83. The van der Waals surface area contributed by atoms with Crippen LogP contribution in [0.5, 0.6) is 0 Å². The second-order valence-electron chi connectivity index (χ2n) is 5.31. The van der Waals surface area contributed by atoms with Gasteiger partial charge in [0.2, 0.25) is 0 Å². The molecule has 1 atom stereocenters. The molecule has 0 spiro atoms. The van der Waals surface area contributed by atoms with Crippen LogP contribution in [0.2, 0.25) is 5.02 Å². The van der Waals surface area contributed by atoms with E-state index in [-0.39, 0.29) is 0 Å². The first kappa shape index (κ1) is 18.9. The summed E-state index contributed by atoms with van der Waals surface area (Å²) >= 11 is 8.56. The van der Waals surface area contributed by atoms with Crippen LogP contribution < -0.4 is 5.32 Å². The van der Waals surface area contributed by atoms with Crippen LogP contribution in [0.15, 0.2) is 0 Å². The Balaban J connectivity index is 2.78. The fraction of sp³-hybridized carbons (Fsp3) is 0.812. The Kier molecular flexibility index (Phi) is 9.45. The van der Waals surface area contributed by atoms with E-state index >= 15 is 0 Å². The average molecular weight is 332 g/mol. The number of hydrogen-bond donors (Lipinski definition) is 1. The van der Waals surface area contributed by atoms with Gasteiger partial charge in [-0.2, -0.15) is 16.9 Å². The van der Waals surface area contributed by atoms with Gasteiger partial charge in [0.1, 0.15) is 0 Å². The number of thioether (sulfide) groups is 1. The zero-order valence-electron chi connectivity index (χ0n) is 13.9. The van der Waals surface area contributed by atoms with E-state index in [2.05, 4.69) is 42.8 Å². The molecule has 1 aromatic heterocycles. The van der Waals surface area contributed by atoms with Crippen LogP contribution in [0.3, 0.4) is 0 Å². The quantitative estimate of drug-likeness (QED) is 0.617. The van der Waals surface area contributed by atoms with Gasteiger partial charge in [-0.3, -0.25) is 4.68 Å². The molecular formula is C16H30ClN3S. The van der Waals surface area contributed by atoms with E-state index in [1.165, 1.54) is 17.9 Å². The molecule has 0 aromatic carbocycles. The van der Waals surface area contributed by atoms with Crippen molar-refractivity contribution in [1.29, 1.82) is 0 Å². The van der Waals surface area contributed by atoms with Crippen molar-refractivity contribution < 1.29 is 0 Å². The van der Waals surface area contributed by atoms with E-state index < -0.39 is 0 Å². The number of aryl methyl sites for hydroxylation is 2. The molecule has 0 fully saturated rings. The van der Waals surface area contributed by atoms with Crippen LogP contribution in [-0.4, -0.2) is 33.9 Å². The molecule has 1 aromatic rings. The van der Waals surface area contributed by atoms with Crippen molar-refractivity contribution in [3.63, 3.8) is 0 Å². The fourth-order valence-electron chi connectivity index (χ4n) is 2.35. The maximum absolute atomic E-state index is 6.53. The zero-order chi connectivity index (χ0) is 15.7. The van der Waals surface area contributed by atoms with Crippen molar-refractivity contribution in [2.75, 3.05) is 18.1 Å². The van der Waals surface area contributed by atoms with Gasteiger partial charge in [-0.15, -0.1) is 0 Å². The van der Waals surface area contributed by atoms with Crippen molar-refractivity contribution >= 4 is 23.4 Å². The molecule has 1 unspecified atom stereocenters. The molecular weight excluding hydrogens is 302 g/mol. The lowest BCUT2D eigenvalue weighted by Gasteiger charge is -2.19. The molecule has 0 bridgehead atoms. The lowest BCUT2D eigenvalue weighted by molar-refractivity contribution is 0.519. The molecule has 0 aliphatic rings. The third kappa shape index (κ3) is 5.84. The lowest BCUT2D eigenvalue weighted by Crippen LogP contribution is -2.35. The summed E-state index contributed by atoms with van der Waals surface area (Å²) < 4.78 is 2.08. The smallest absolute Gasteiger partial charge is 0.0850 e. The summed E-state index contributed by atoms with van der Waals surface area (Å²) in [5, 5.41) is 9.17. The maximum Gasteiger partial charge on any atom is 0.0850 e. The summed E-state index contributed by atoms with van der Waals surface area (Å²) in [6.07, 6.45) is 4.27. The topological polar surface area (TPSA) is 29.9 Å². The Labute approximate surface area is 139 Å². The Morgan fingerprint density at radius 3 is 2.57 bits per heavy atom. The number of nitrogens with one attached hydrogen (secondary N) is 1. The second kappa shape index (κ2) is 10.5. The summed E-state index contributed by atoms with van der Waals surface area (Å²) in [6, 6.07) is 0.478. The number of hydrogen-bond acceptors (Lipinski definition) is 3. The van der Waals surface area contributed by atoms with Crippen LogP contribution >= 0.6 is 23.4 Å². The predicted molar refractivity (Wildman–Crippen MR) is 95.7 cm³/mol. The van der Waals surface area contributed by atoms with E-state index in [4.69, 9.17) is 11.6 Å². The van der Waals surface area contributed by atoms with E-state index in [0.717, 1.165) is 48.8 Å². The first-order valence-electron chi connectivity index (χ1n) is 8.22. The fourth-order valence-corrected chi connectivity index (χ4v) is 3.68. The van der Waals surface area contributed by atoms with E-state index in [1.54, 1.807) is 0 Å². The molecule has 1 rings (SSSR count). The lowest BCUT2D eigenvalue weighted by atomic mass is 10.1. The van der Waals surface area contributed by atoms with Crippen LogP contribution in [0.1, 0.15) is 51.9 Å². The highest BCUT2D eigenvalue weighted by Crippen LogP contribution is 2.23. The van der Waals surface area contributed by atoms with Gasteiger partial charge in [0.25, 0.3) is 0 Å². The molecule has 1 heterocycles. The number of nitrogens with zero attached hydrogens (tertiary/aromatic N) is 2. The largest absolute Gasteiger partial charge is 0.313 e. The molecule has 0 aliphatic heterocycles. The molecule has 21 heavy (non-hydrogen) atoms. The molecule has 0 saturated carbocycles. The van der Waals surface area contributed by atoms with Crippen LogP contribution in [0.4, 0.5) is 0 Å². The zero-order valence-corrected chi connectivity index (χ0v) is 15.5. The van der Waals surface area contributed by atoms with Gasteiger partial charge in [0.15, 0.2) is 0 Å². The molecule has 0 radical (unpaired) electrons. The van der Waals surface area contributed by atoms with Gasteiger partial charge in [0.05, 0.1) is 16.4 Å². The molecule has 0 saturated heterocycles. The van der Waals surface area contributed by atoms with Gasteiger partial charge < -0.3 is 5.32 Å². The van der Waals surface area contributed by atoms with E-state index in [1.807, 2.05) is 11.8 Å². The summed E-state index contributed by atoms with van der Waals surface area (Å²) in [4.78, 5) is 0. The van der Waals surface area contributed by atoms with Crippen molar-refractivity contribution in [1.82, 2.24) is 15.1 Å². The Morgan fingerprint density at radius 1 is 1.24 bits per heavy atom. The first-order chi connectivity index (χ1) is 10.2. The summed E-state index contributed by atoms with van der Waals surface area (Å²) in [7, 11) is 0. The minimum atomic E-state index is 0.478. The standard InChI is InChI=1S/C16H30ClN3S/c1-5-9-18-13(12-21-10-6-2)11-15-16(17)14(7-3)19-20(15)8-4/h13,18H,5-12H2,1-4H3. The van der Waals surface area contributed by atoms with Gasteiger partial charge in [0, 0.05) is 24.8 Å². The Hall–Kier alpha value is -0.190. The highest BCUT2D eigenvalue weighted by atomic mass is 35.5. The van der Waals surface area contributed by atoms with Crippen LogP contribution in [0.25, 0.3) is 0 Å². The summed E-state index contributed by atoms with van der Waals surface area (Å²) in [5.74, 6) is 2.37. The number of halogens is 1. The van der Waals surface area contributed by atoms with Crippen molar-refractivity contribution in [3.8, 4) is 0 Å². The number of rotatable bonds is 11.